The first-order valence-corrected chi connectivity index (χ1v) is 13.2. The lowest BCUT2D eigenvalue weighted by atomic mass is 9.86. The van der Waals surface area contributed by atoms with E-state index in [1.807, 2.05) is 0 Å². The number of rotatable bonds is 7. The second kappa shape index (κ2) is 9.56. The van der Waals surface area contributed by atoms with E-state index in [2.05, 4.69) is 14.1 Å². The van der Waals surface area contributed by atoms with Crippen molar-refractivity contribution in [3.05, 3.63) is 34.0 Å². The van der Waals surface area contributed by atoms with Crippen molar-refractivity contribution in [2.24, 2.45) is 4.36 Å². The monoisotopic (exact) mass is 547 g/mol. The molecule has 0 bridgehead atoms. The van der Waals surface area contributed by atoms with Crippen LogP contribution in [0.3, 0.4) is 0 Å². The van der Waals surface area contributed by atoms with E-state index in [9.17, 15) is 32.8 Å². The number of benzene rings is 1. The maximum Gasteiger partial charge on any atom is 0.586 e. The number of hydrogen-bond donors (Lipinski definition) is 3. The average molecular weight is 548 g/mol. The predicted molar refractivity (Wildman–Crippen MR) is 127 cm³/mol. The summed E-state index contributed by atoms with van der Waals surface area (Å²) in [4.78, 5) is 28.4. The van der Waals surface area contributed by atoms with E-state index < -0.39 is 40.2 Å². The molecule has 2 amide bonds. The Morgan fingerprint density at radius 3 is 2.39 bits per heavy atom. The molecule has 1 aromatic heterocycles. The van der Waals surface area contributed by atoms with Crippen molar-refractivity contribution in [1.29, 1.82) is 0 Å². The Balaban J connectivity index is 2.13. The van der Waals surface area contributed by atoms with Crippen LogP contribution in [0.5, 0.6) is 11.5 Å². The average Bonchev–Trinajstić information content (AvgIpc) is 3.29. The number of ether oxygens (including phenoxy) is 2. The van der Waals surface area contributed by atoms with Crippen molar-refractivity contribution in [2.75, 3.05) is 0 Å². The topological polar surface area (TPSA) is 147 Å². The number of nitrogens with zero attached hydrogens (tertiary/aromatic N) is 2. The number of nitrogens with one attached hydrogen (secondary N) is 1. The van der Waals surface area contributed by atoms with Gasteiger partial charge in [0.1, 0.15) is 14.8 Å². The van der Waals surface area contributed by atoms with Gasteiger partial charge in [-0.2, -0.15) is 0 Å². The standard InChI is InChI=1S/C22H27F2N3O7S2/c1-10(2)12-7-14-18(34-22(23,24)33-14)17(11(3)4)13(12)8-15(28)26-36(32,27-20(29)30)16-9-25-19(35-16)21(5,6)31/h7,9-11,31H,8H2,1-6H3,(H,29,30)(H,26,27,28,32). The molecule has 0 spiro atoms. The van der Waals surface area contributed by atoms with Crippen LogP contribution in [0.2, 0.25) is 0 Å². The van der Waals surface area contributed by atoms with E-state index in [0.29, 0.717) is 16.7 Å². The molecule has 0 radical (unpaired) electrons. The van der Waals surface area contributed by atoms with Gasteiger partial charge < -0.3 is 19.7 Å². The molecule has 36 heavy (non-hydrogen) atoms. The minimum Gasteiger partial charge on any atom is -0.464 e. The SMILES string of the molecule is CC(C)c1cc2c(c(C(C)C)c1CC(=O)N=S(=O)(NC(=O)O)c1cnc(C(C)(C)O)s1)OC(F)(F)O2. The van der Waals surface area contributed by atoms with E-state index in [1.165, 1.54) is 19.9 Å². The van der Waals surface area contributed by atoms with Gasteiger partial charge in [0.15, 0.2) is 21.4 Å². The van der Waals surface area contributed by atoms with Gasteiger partial charge in [-0.1, -0.05) is 27.7 Å². The van der Waals surface area contributed by atoms with Gasteiger partial charge in [-0.3, -0.25) is 4.79 Å². The number of carbonyl (C=O) groups excluding carboxylic acids is 1. The molecule has 0 saturated heterocycles. The van der Waals surface area contributed by atoms with Gasteiger partial charge in [-0.05, 0) is 42.9 Å². The van der Waals surface area contributed by atoms with Crippen LogP contribution in [-0.4, -0.2) is 37.7 Å². The Morgan fingerprint density at radius 1 is 1.25 bits per heavy atom. The minimum atomic E-state index is -4.03. The number of aromatic nitrogens is 1. The van der Waals surface area contributed by atoms with E-state index in [1.54, 1.807) is 32.4 Å². The van der Waals surface area contributed by atoms with Crippen molar-refractivity contribution in [3.8, 4) is 11.5 Å². The van der Waals surface area contributed by atoms with Gasteiger partial charge >= 0.3 is 12.4 Å². The van der Waals surface area contributed by atoms with Crippen LogP contribution in [0.25, 0.3) is 0 Å². The highest BCUT2D eigenvalue weighted by atomic mass is 32.2. The molecule has 1 aliphatic rings. The number of halogens is 2. The van der Waals surface area contributed by atoms with Gasteiger partial charge in [0.2, 0.25) is 0 Å². The van der Waals surface area contributed by atoms with Crippen molar-refractivity contribution in [2.45, 2.75) is 75.9 Å². The first-order chi connectivity index (χ1) is 16.4. The Labute approximate surface area is 211 Å². The Morgan fingerprint density at radius 2 is 1.89 bits per heavy atom. The summed E-state index contributed by atoms with van der Waals surface area (Å²) in [6.45, 7) is 9.94. The van der Waals surface area contributed by atoms with Crippen LogP contribution < -0.4 is 14.2 Å². The molecule has 1 aliphatic heterocycles. The molecule has 0 saturated carbocycles. The molecular formula is C22H27F2N3O7S2. The molecule has 14 heteroatoms. The lowest BCUT2D eigenvalue weighted by molar-refractivity contribution is -0.287. The van der Waals surface area contributed by atoms with Crippen molar-refractivity contribution in [3.63, 3.8) is 0 Å². The molecule has 2 aromatic rings. The van der Waals surface area contributed by atoms with Gasteiger partial charge in [-0.15, -0.1) is 24.5 Å². The first kappa shape index (κ1) is 27.7. The summed E-state index contributed by atoms with van der Waals surface area (Å²) in [5.74, 6) is -1.88. The lowest BCUT2D eigenvalue weighted by Crippen LogP contribution is -2.29. The zero-order valence-electron chi connectivity index (χ0n) is 20.4. The zero-order valence-corrected chi connectivity index (χ0v) is 22.1. The number of thiazole rings is 1. The molecule has 0 fully saturated rings. The lowest BCUT2D eigenvalue weighted by Gasteiger charge is -2.20. The number of hydrogen-bond acceptors (Lipinski definition) is 8. The van der Waals surface area contributed by atoms with Crippen LogP contribution in [0, 0.1) is 0 Å². The third-order valence-electron chi connectivity index (χ3n) is 5.14. The molecule has 0 aliphatic carbocycles. The molecular weight excluding hydrogens is 520 g/mol. The van der Waals surface area contributed by atoms with E-state index in [0.717, 1.165) is 17.5 Å². The van der Waals surface area contributed by atoms with Crippen LogP contribution in [0.4, 0.5) is 13.6 Å². The molecule has 3 rings (SSSR count). The Hall–Kier alpha value is -2.84. The van der Waals surface area contributed by atoms with E-state index in [-0.39, 0.29) is 32.6 Å². The van der Waals surface area contributed by atoms with Crippen molar-refractivity contribution < 1.29 is 42.3 Å². The molecule has 1 aromatic carbocycles. The molecule has 198 valence electrons. The van der Waals surface area contributed by atoms with Gasteiger partial charge in [0.25, 0.3) is 5.91 Å². The normalized spacial score (nSPS) is 16.2. The molecule has 10 nitrogen and oxygen atoms in total. The summed E-state index contributed by atoms with van der Waals surface area (Å²) in [7, 11) is -4.03. The number of aliphatic hydroxyl groups is 1. The summed E-state index contributed by atoms with van der Waals surface area (Å²) in [5.41, 5.74) is -0.199. The third-order valence-corrected chi connectivity index (χ3v) is 8.74. The number of carboxylic acid groups (broad SMARTS) is 1. The molecule has 1 atom stereocenters. The van der Waals surface area contributed by atoms with Crippen LogP contribution in [-0.2, 0) is 26.7 Å². The highest BCUT2D eigenvalue weighted by molar-refractivity contribution is 7.94. The fraction of sp³-hybridized carbons (Fsp3) is 0.500. The van der Waals surface area contributed by atoms with Gasteiger partial charge in [-0.25, -0.2) is 18.7 Å². The summed E-state index contributed by atoms with van der Waals surface area (Å²) in [6, 6.07) is 1.38. The van der Waals surface area contributed by atoms with E-state index in [4.69, 9.17) is 4.74 Å². The zero-order chi connectivity index (χ0) is 27.2. The predicted octanol–water partition coefficient (Wildman–Crippen LogP) is 4.72. The summed E-state index contributed by atoms with van der Waals surface area (Å²) in [6.07, 6.45) is -4.93. The summed E-state index contributed by atoms with van der Waals surface area (Å²) in [5, 5.41) is 19.5. The highest BCUT2D eigenvalue weighted by Crippen LogP contribution is 2.49. The molecule has 2 heterocycles. The molecule has 3 N–H and O–H groups in total. The van der Waals surface area contributed by atoms with Gasteiger partial charge in [0, 0.05) is 5.56 Å². The number of amides is 2. The van der Waals surface area contributed by atoms with Crippen molar-refractivity contribution in [1.82, 2.24) is 9.71 Å². The number of fused-ring (bicyclic) bond motifs is 1. The summed E-state index contributed by atoms with van der Waals surface area (Å²) < 4.78 is 55.9. The van der Waals surface area contributed by atoms with Crippen LogP contribution in [0.15, 0.2) is 20.8 Å². The maximum atomic E-state index is 13.9. The number of carbonyl (C=O) groups is 2. The Kier molecular flexibility index (Phi) is 7.37. The fourth-order valence-corrected chi connectivity index (χ4v) is 6.32. The van der Waals surface area contributed by atoms with Crippen LogP contribution >= 0.6 is 11.3 Å². The fourth-order valence-electron chi connectivity index (χ4n) is 3.72. The molecule has 1 unspecified atom stereocenters. The highest BCUT2D eigenvalue weighted by Gasteiger charge is 2.46. The quantitative estimate of drug-likeness (QED) is 0.451. The van der Waals surface area contributed by atoms with E-state index >= 15 is 0 Å². The van der Waals surface area contributed by atoms with Crippen LogP contribution in [0.1, 0.15) is 75.1 Å². The smallest absolute Gasteiger partial charge is 0.464 e. The largest absolute Gasteiger partial charge is 0.586 e. The number of alkyl halides is 2. The summed E-state index contributed by atoms with van der Waals surface area (Å²) >= 11 is 0.741. The minimum absolute atomic E-state index is 0.140. The maximum absolute atomic E-state index is 13.9. The second-order valence-electron chi connectivity index (χ2n) is 9.30. The first-order valence-electron chi connectivity index (χ1n) is 10.9. The van der Waals surface area contributed by atoms with Gasteiger partial charge in [0.05, 0.1) is 12.6 Å². The Bertz CT molecular complexity index is 1320. The second-order valence-corrected chi connectivity index (χ2v) is 12.5. The van der Waals surface area contributed by atoms with Crippen molar-refractivity contribution >= 4 is 33.3 Å². The third kappa shape index (κ3) is 5.76.